The first-order chi connectivity index (χ1) is 8.47. The van der Waals surface area contributed by atoms with Gasteiger partial charge in [0.2, 0.25) is 5.82 Å². The highest BCUT2D eigenvalue weighted by Crippen LogP contribution is 2.26. The van der Waals surface area contributed by atoms with Crippen LogP contribution in [0.4, 0.5) is 19.1 Å². The number of nitrogens with two attached hydrogens (primary N) is 1. The summed E-state index contributed by atoms with van der Waals surface area (Å²) in [6, 6.07) is 8.60. The molecule has 3 N–H and O–H groups in total. The van der Waals surface area contributed by atoms with Crippen LogP contribution in [0.3, 0.4) is 0 Å². The van der Waals surface area contributed by atoms with Crippen molar-refractivity contribution < 1.29 is 13.2 Å². The SMILES string of the molecule is N/C(=N\c1n[nH]c(C(F)(F)F)n1)c1ccccc1. The Morgan fingerprint density at radius 3 is 2.44 bits per heavy atom. The summed E-state index contributed by atoms with van der Waals surface area (Å²) >= 11 is 0. The Labute approximate surface area is 99.6 Å². The molecule has 0 amide bonds. The molecule has 0 bridgehead atoms. The van der Waals surface area contributed by atoms with Crippen LogP contribution in [-0.4, -0.2) is 21.0 Å². The highest BCUT2D eigenvalue weighted by molar-refractivity contribution is 5.98. The quantitative estimate of drug-likeness (QED) is 0.635. The van der Waals surface area contributed by atoms with Crippen LogP contribution in [0.1, 0.15) is 11.4 Å². The van der Waals surface area contributed by atoms with Crippen molar-refractivity contribution >= 4 is 11.8 Å². The van der Waals surface area contributed by atoms with Crippen LogP contribution in [-0.2, 0) is 6.18 Å². The Morgan fingerprint density at radius 1 is 1.22 bits per heavy atom. The van der Waals surface area contributed by atoms with Gasteiger partial charge in [-0.1, -0.05) is 30.3 Å². The highest BCUT2D eigenvalue weighted by atomic mass is 19.4. The molecule has 18 heavy (non-hydrogen) atoms. The molecule has 0 fully saturated rings. The molecule has 8 heteroatoms. The lowest BCUT2D eigenvalue weighted by Gasteiger charge is -1.98. The monoisotopic (exact) mass is 255 g/mol. The molecule has 0 saturated heterocycles. The molecule has 1 aromatic heterocycles. The maximum absolute atomic E-state index is 12.2. The van der Waals surface area contributed by atoms with Gasteiger partial charge < -0.3 is 5.73 Å². The van der Waals surface area contributed by atoms with E-state index in [1.807, 2.05) is 0 Å². The summed E-state index contributed by atoms with van der Waals surface area (Å²) in [5.74, 6) is -1.52. The molecule has 0 aliphatic carbocycles. The Kier molecular flexibility index (Phi) is 3.00. The molecule has 0 radical (unpaired) electrons. The van der Waals surface area contributed by atoms with Gasteiger partial charge in [-0.25, -0.2) is 0 Å². The summed E-state index contributed by atoms with van der Waals surface area (Å²) in [6.45, 7) is 0. The lowest BCUT2D eigenvalue weighted by atomic mass is 10.2. The predicted molar refractivity (Wildman–Crippen MR) is 58.2 cm³/mol. The highest BCUT2D eigenvalue weighted by Gasteiger charge is 2.35. The number of aliphatic imine (C=N–C) groups is 1. The number of halogens is 3. The van der Waals surface area contributed by atoms with Gasteiger partial charge in [-0.2, -0.15) is 23.1 Å². The van der Waals surface area contributed by atoms with Crippen LogP contribution in [0, 0.1) is 0 Å². The first kappa shape index (κ1) is 12.1. The second-order valence-corrected chi connectivity index (χ2v) is 3.34. The molecule has 0 atom stereocenters. The molecule has 5 nitrogen and oxygen atoms in total. The molecular weight excluding hydrogens is 247 g/mol. The summed E-state index contributed by atoms with van der Waals surface area (Å²) in [7, 11) is 0. The van der Waals surface area contributed by atoms with Gasteiger partial charge in [-0.3, -0.25) is 5.10 Å². The lowest BCUT2D eigenvalue weighted by molar-refractivity contribution is -0.144. The standard InChI is InChI=1S/C10H8F3N5/c11-10(12,13)8-16-9(18-17-8)15-7(14)6-4-2-1-3-5-6/h1-5H,(H3,14,15,16,17,18). The second-order valence-electron chi connectivity index (χ2n) is 3.34. The number of benzene rings is 1. The minimum atomic E-state index is -4.58. The van der Waals surface area contributed by atoms with Crippen LogP contribution >= 0.6 is 0 Å². The summed E-state index contributed by atoms with van der Waals surface area (Å²) in [5, 5.41) is 5.08. The number of rotatable bonds is 2. The van der Waals surface area contributed by atoms with Gasteiger partial charge in [0, 0.05) is 5.56 Å². The number of nitrogens with one attached hydrogen (secondary N) is 1. The molecule has 0 unspecified atom stereocenters. The van der Waals surface area contributed by atoms with Crippen molar-refractivity contribution in [1.29, 1.82) is 0 Å². The van der Waals surface area contributed by atoms with Crippen molar-refractivity contribution in [2.24, 2.45) is 10.7 Å². The molecule has 1 heterocycles. The van der Waals surface area contributed by atoms with Crippen LogP contribution < -0.4 is 5.73 Å². The number of amidine groups is 1. The van der Waals surface area contributed by atoms with Crippen LogP contribution in [0.25, 0.3) is 0 Å². The molecule has 1 aromatic carbocycles. The van der Waals surface area contributed by atoms with Gasteiger partial charge in [-0.15, -0.1) is 5.10 Å². The third-order valence-corrected chi connectivity index (χ3v) is 2.03. The van der Waals surface area contributed by atoms with Gasteiger partial charge >= 0.3 is 6.18 Å². The van der Waals surface area contributed by atoms with E-state index in [9.17, 15) is 13.2 Å². The number of aromatic nitrogens is 3. The van der Waals surface area contributed by atoms with Crippen molar-refractivity contribution in [2.75, 3.05) is 0 Å². The second kappa shape index (κ2) is 4.47. The van der Waals surface area contributed by atoms with E-state index in [-0.39, 0.29) is 11.8 Å². The number of hydrogen-bond acceptors (Lipinski definition) is 3. The first-order valence-corrected chi connectivity index (χ1v) is 4.86. The Morgan fingerprint density at radius 2 is 1.89 bits per heavy atom. The summed E-state index contributed by atoms with van der Waals surface area (Å²) in [6.07, 6.45) is -4.58. The zero-order chi connectivity index (χ0) is 13.2. The zero-order valence-electron chi connectivity index (χ0n) is 8.94. The van der Waals surface area contributed by atoms with Crippen molar-refractivity contribution in [2.45, 2.75) is 6.18 Å². The average Bonchev–Trinajstić information content (AvgIpc) is 2.78. The number of H-pyrrole nitrogens is 1. The number of nitrogens with zero attached hydrogens (tertiary/aromatic N) is 3. The molecule has 0 saturated carbocycles. The largest absolute Gasteiger partial charge is 0.451 e. The minimum absolute atomic E-state index is 0.0447. The smallest absolute Gasteiger partial charge is 0.383 e. The van der Waals surface area contributed by atoms with Crippen LogP contribution in [0.15, 0.2) is 35.3 Å². The van der Waals surface area contributed by atoms with Gasteiger partial charge in [-0.05, 0) is 0 Å². The summed E-state index contributed by atoms with van der Waals surface area (Å²) in [4.78, 5) is 6.89. The third-order valence-electron chi connectivity index (χ3n) is 2.03. The van der Waals surface area contributed by atoms with Crippen molar-refractivity contribution in [1.82, 2.24) is 15.2 Å². The molecule has 2 aromatic rings. The van der Waals surface area contributed by atoms with E-state index in [2.05, 4.69) is 15.1 Å². The van der Waals surface area contributed by atoms with E-state index in [4.69, 9.17) is 5.73 Å². The van der Waals surface area contributed by atoms with E-state index < -0.39 is 12.0 Å². The van der Waals surface area contributed by atoms with Crippen LogP contribution in [0.5, 0.6) is 0 Å². The van der Waals surface area contributed by atoms with E-state index in [0.717, 1.165) is 0 Å². The Balaban J connectivity index is 2.26. The number of aromatic amines is 1. The fourth-order valence-corrected chi connectivity index (χ4v) is 1.21. The minimum Gasteiger partial charge on any atom is -0.383 e. The molecule has 2 rings (SSSR count). The van der Waals surface area contributed by atoms with Crippen molar-refractivity contribution in [3.05, 3.63) is 41.7 Å². The predicted octanol–water partition coefficient (Wildman–Crippen LogP) is 1.86. The molecular formula is C10H8F3N5. The Hall–Kier alpha value is -2.38. The van der Waals surface area contributed by atoms with Gasteiger partial charge in [0.1, 0.15) is 5.84 Å². The molecule has 94 valence electrons. The first-order valence-electron chi connectivity index (χ1n) is 4.86. The van der Waals surface area contributed by atoms with E-state index in [1.54, 1.807) is 35.4 Å². The normalized spacial score (nSPS) is 12.7. The van der Waals surface area contributed by atoms with Gasteiger partial charge in [0.05, 0.1) is 0 Å². The summed E-state index contributed by atoms with van der Waals surface area (Å²) < 4.78 is 36.7. The Bertz CT molecular complexity index is 558. The lowest BCUT2D eigenvalue weighted by Crippen LogP contribution is -2.12. The maximum Gasteiger partial charge on any atom is 0.451 e. The van der Waals surface area contributed by atoms with Crippen molar-refractivity contribution in [3.8, 4) is 0 Å². The fourth-order valence-electron chi connectivity index (χ4n) is 1.21. The van der Waals surface area contributed by atoms with Crippen LogP contribution in [0.2, 0.25) is 0 Å². The maximum atomic E-state index is 12.2. The average molecular weight is 255 g/mol. The summed E-state index contributed by atoms with van der Waals surface area (Å²) in [5.41, 5.74) is 6.20. The van der Waals surface area contributed by atoms with Crippen molar-refractivity contribution in [3.63, 3.8) is 0 Å². The van der Waals surface area contributed by atoms with Gasteiger partial charge in [0.25, 0.3) is 5.95 Å². The van der Waals surface area contributed by atoms with Gasteiger partial charge in [0.15, 0.2) is 0 Å². The molecule has 0 aliphatic rings. The number of hydrogen-bond donors (Lipinski definition) is 2. The topological polar surface area (TPSA) is 80.0 Å². The van der Waals surface area contributed by atoms with E-state index in [0.29, 0.717) is 5.56 Å². The van der Waals surface area contributed by atoms with E-state index in [1.165, 1.54) is 0 Å². The fraction of sp³-hybridized carbons (Fsp3) is 0.100. The molecule has 0 aliphatic heterocycles. The molecule has 0 spiro atoms. The number of alkyl halides is 3. The zero-order valence-corrected chi connectivity index (χ0v) is 8.94. The van der Waals surface area contributed by atoms with E-state index >= 15 is 0 Å². The third kappa shape index (κ3) is 2.65.